The monoisotopic (exact) mass is 406 g/mol. The van der Waals surface area contributed by atoms with Gasteiger partial charge in [0.05, 0.1) is 17.0 Å². The molecule has 1 fully saturated rings. The average Bonchev–Trinajstić information content (AvgIpc) is 2.53. The molecule has 0 spiro atoms. The molecule has 25 heavy (non-hydrogen) atoms. The summed E-state index contributed by atoms with van der Waals surface area (Å²) in [6, 6.07) is 4.43. The van der Waals surface area contributed by atoms with Crippen molar-refractivity contribution >= 4 is 50.5 Å². The third-order valence-electron chi connectivity index (χ3n) is 3.77. The largest absolute Gasteiger partial charge is 0.306 e. The van der Waals surface area contributed by atoms with Crippen molar-refractivity contribution in [2.75, 3.05) is 37.2 Å². The number of nitrogens with zero attached hydrogens (tertiary/aromatic N) is 3. The number of nitrogens with one attached hydrogen (secondary N) is 1. The lowest BCUT2D eigenvalue weighted by Gasteiger charge is -2.24. The van der Waals surface area contributed by atoms with Crippen molar-refractivity contribution in [2.45, 2.75) is 12.8 Å². The zero-order valence-electron chi connectivity index (χ0n) is 14.0. The molecule has 2 rings (SSSR count). The Hall–Kier alpha value is -1.35. The lowest BCUT2D eigenvalue weighted by Crippen LogP contribution is -2.40. The van der Waals surface area contributed by atoms with Gasteiger partial charge in [-0.2, -0.15) is 5.10 Å². The number of sulfonamides is 1. The van der Waals surface area contributed by atoms with Crippen molar-refractivity contribution < 1.29 is 13.2 Å². The van der Waals surface area contributed by atoms with Gasteiger partial charge < -0.3 is 4.90 Å². The third-order valence-corrected chi connectivity index (χ3v) is 5.45. The fraction of sp³-hybridized carbons (Fsp3) is 0.467. The summed E-state index contributed by atoms with van der Waals surface area (Å²) < 4.78 is 25.1. The summed E-state index contributed by atoms with van der Waals surface area (Å²) in [7, 11) is -1.71. The van der Waals surface area contributed by atoms with Crippen LogP contribution >= 0.6 is 23.2 Å². The standard InChI is InChI=1S/C15H20Cl2N4O3S/c1-20-7-5-12(6-8-20)18-19-15(22)10-21(25(2,23)24)14-9-11(16)3-4-13(14)17/h3-4,9H,5-8,10H2,1-2H3,(H,19,22). The molecule has 0 radical (unpaired) electrons. The van der Waals surface area contributed by atoms with Crippen LogP contribution < -0.4 is 9.73 Å². The van der Waals surface area contributed by atoms with Gasteiger partial charge in [0.1, 0.15) is 6.54 Å². The number of hydrogen-bond donors (Lipinski definition) is 1. The van der Waals surface area contributed by atoms with Gasteiger partial charge in [-0.15, -0.1) is 0 Å². The van der Waals surface area contributed by atoms with Gasteiger partial charge in [-0.3, -0.25) is 9.10 Å². The first-order valence-corrected chi connectivity index (χ1v) is 10.2. The van der Waals surface area contributed by atoms with E-state index in [4.69, 9.17) is 23.2 Å². The molecule has 1 heterocycles. The highest BCUT2D eigenvalue weighted by molar-refractivity contribution is 7.92. The summed E-state index contributed by atoms with van der Waals surface area (Å²) in [6.07, 6.45) is 2.54. The molecule has 1 aliphatic heterocycles. The lowest BCUT2D eigenvalue weighted by atomic mass is 10.1. The van der Waals surface area contributed by atoms with Gasteiger partial charge in [-0.05, 0) is 25.2 Å². The summed E-state index contributed by atoms with van der Waals surface area (Å²) in [4.78, 5) is 14.3. The predicted molar refractivity (Wildman–Crippen MR) is 101 cm³/mol. The van der Waals surface area contributed by atoms with Crippen LogP contribution in [0.4, 0.5) is 5.69 Å². The number of hydrazone groups is 1. The van der Waals surface area contributed by atoms with Crippen molar-refractivity contribution in [3.05, 3.63) is 28.2 Å². The van der Waals surface area contributed by atoms with Crippen LogP contribution in [-0.4, -0.2) is 57.9 Å². The number of amides is 1. The zero-order chi connectivity index (χ0) is 18.6. The SMILES string of the molecule is CN1CCC(=NNC(=O)CN(c2cc(Cl)ccc2Cl)S(C)(=O)=O)CC1. The van der Waals surface area contributed by atoms with E-state index in [0.717, 1.165) is 42.2 Å². The number of carbonyl (C=O) groups excluding carboxylic acids is 1. The second-order valence-electron chi connectivity index (χ2n) is 5.88. The lowest BCUT2D eigenvalue weighted by molar-refractivity contribution is -0.119. The molecule has 7 nitrogen and oxygen atoms in total. The van der Waals surface area contributed by atoms with Gasteiger partial charge in [0.25, 0.3) is 5.91 Å². The van der Waals surface area contributed by atoms with Gasteiger partial charge in [0.2, 0.25) is 10.0 Å². The Balaban J connectivity index is 2.11. The molecule has 1 aromatic rings. The van der Waals surface area contributed by atoms with Crippen molar-refractivity contribution in [3.63, 3.8) is 0 Å². The highest BCUT2D eigenvalue weighted by Crippen LogP contribution is 2.30. The van der Waals surface area contributed by atoms with Crippen LogP contribution in [0.15, 0.2) is 23.3 Å². The predicted octanol–water partition coefficient (Wildman–Crippen LogP) is 1.96. The summed E-state index contributed by atoms with van der Waals surface area (Å²) >= 11 is 12.0. The van der Waals surface area contributed by atoms with E-state index >= 15 is 0 Å². The molecule has 1 N–H and O–H groups in total. The van der Waals surface area contributed by atoms with E-state index in [1.807, 2.05) is 7.05 Å². The Morgan fingerprint density at radius 2 is 1.96 bits per heavy atom. The van der Waals surface area contributed by atoms with Crippen LogP contribution in [0.5, 0.6) is 0 Å². The van der Waals surface area contributed by atoms with Crippen LogP contribution in [-0.2, 0) is 14.8 Å². The first-order chi connectivity index (χ1) is 11.7. The maximum absolute atomic E-state index is 12.2. The Morgan fingerprint density at radius 3 is 2.56 bits per heavy atom. The number of carbonyl (C=O) groups is 1. The summed E-state index contributed by atoms with van der Waals surface area (Å²) in [5.74, 6) is -0.548. The number of anilines is 1. The fourth-order valence-corrected chi connectivity index (χ4v) is 3.65. The van der Waals surface area contributed by atoms with E-state index in [1.54, 1.807) is 6.07 Å². The normalized spacial score (nSPS) is 15.8. The number of piperidine rings is 1. The van der Waals surface area contributed by atoms with Gasteiger partial charge in [-0.1, -0.05) is 23.2 Å². The maximum atomic E-state index is 12.2. The van der Waals surface area contributed by atoms with Gasteiger partial charge in [-0.25, -0.2) is 13.8 Å². The molecule has 0 unspecified atom stereocenters. The zero-order valence-corrected chi connectivity index (χ0v) is 16.3. The Bertz CT molecular complexity index is 773. The molecule has 0 bridgehead atoms. The highest BCUT2D eigenvalue weighted by Gasteiger charge is 2.23. The Labute approximate surface area is 157 Å². The van der Waals surface area contributed by atoms with Crippen LogP contribution in [0.25, 0.3) is 0 Å². The smallest absolute Gasteiger partial charge is 0.260 e. The molecule has 1 aliphatic rings. The second kappa shape index (κ2) is 8.35. The van der Waals surface area contributed by atoms with Crippen molar-refractivity contribution in [1.82, 2.24) is 10.3 Å². The molecule has 1 aromatic carbocycles. The molecule has 10 heteroatoms. The molecular formula is C15H20Cl2N4O3S. The van der Waals surface area contributed by atoms with Crippen molar-refractivity contribution in [1.29, 1.82) is 0 Å². The topological polar surface area (TPSA) is 82.1 Å². The van der Waals surface area contributed by atoms with E-state index in [-0.39, 0.29) is 10.7 Å². The number of likely N-dealkylation sites (tertiary alicyclic amines) is 1. The second-order valence-corrected chi connectivity index (χ2v) is 8.63. The fourth-order valence-electron chi connectivity index (χ4n) is 2.35. The average molecular weight is 407 g/mol. The van der Waals surface area contributed by atoms with E-state index in [1.165, 1.54) is 12.1 Å². The van der Waals surface area contributed by atoms with Crippen LogP contribution in [0.2, 0.25) is 10.0 Å². The molecule has 0 atom stereocenters. The van der Waals surface area contributed by atoms with E-state index in [0.29, 0.717) is 5.02 Å². The minimum Gasteiger partial charge on any atom is -0.306 e. The molecule has 0 aliphatic carbocycles. The number of benzene rings is 1. The van der Waals surface area contributed by atoms with E-state index in [2.05, 4.69) is 15.4 Å². The third kappa shape index (κ3) is 5.85. The summed E-state index contributed by atoms with van der Waals surface area (Å²) in [5, 5.41) is 4.60. The van der Waals surface area contributed by atoms with Gasteiger partial charge >= 0.3 is 0 Å². The van der Waals surface area contributed by atoms with Gasteiger partial charge in [0, 0.05) is 36.7 Å². The Kier molecular flexibility index (Phi) is 6.67. The molecule has 1 amide bonds. The first-order valence-electron chi connectivity index (χ1n) is 7.62. The quantitative estimate of drug-likeness (QED) is 0.757. The Morgan fingerprint density at radius 1 is 1.32 bits per heavy atom. The maximum Gasteiger partial charge on any atom is 0.260 e. The molecular weight excluding hydrogens is 387 g/mol. The van der Waals surface area contributed by atoms with Crippen LogP contribution in [0, 0.1) is 0 Å². The van der Waals surface area contributed by atoms with Crippen molar-refractivity contribution in [3.8, 4) is 0 Å². The number of rotatable bonds is 5. The number of halogens is 2. The minimum atomic E-state index is -3.73. The molecule has 0 saturated carbocycles. The molecule has 1 saturated heterocycles. The summed E-state index contributed by atoms with van der Waals surface area (Å²) in [6.45, 7) is 1.32. The van der Waals surface area contributed by atoms with E-state index in [9.17, 15) is 13.2 Å². The number of hydrogen-bond acceptors (Lipinski definition) is 5. The van der Waals surface area contributed by atoms with Crippen LogP contribution in [0.3, 0.4) is 0 Å². The van der Waals surface area contributed by atoms with Gasteiger partial charge in [0.15, 0.2) is 0 Å². The minimum absolute atomic E-state index is 0.152. The molecule has 0 aromatic heterocycles. The van der Waals surface area contributed by atoms with E-state index < -0.39 is 22.5 Å². The molecule has 138 valence electrons. The first kappa shape index (κ1) is 20.0. The van der Waals surface area contributed by atoms with Crippen LogP contribution in [0.1, 0.15) is 12.8 Å². The highest BCUT2D eigenvalue weighted by atomic mass is 35.5. The van der Waals surface area contributed by atoms with Crippen molar-refractivity contribution in [2.24, 2.45) is 5.10 Å². The summed E-state index contributed by atoms with van der Waals surface area (Å²) in [5.41, 5.74) is 3.46.